The Balaban J connectivity index is 1.89. The third-order valence-electron chi connectivity index (χ3n) is 4.69. The van der Waals surface area contributed by atoms with Crippen molar-refractivity contribution in [1.29, 1.82) is 0 Å². The standard InChI is InChI=1S/C15H25F3N2/c1-14(2,13-4-3-7-19-10-13)11-20-8-5-12(6-9-20)15(16,17)18/h5,13,19H,3-4,6-11H2,1-2H3. The van der Waals surface area contributed by atoms with E-state index in [9.17, 15) is 13.2 Å². The monoisotopic (exact) mass is 290 g/mol. The molecule has 0 bridgehead atoms. The molecule has 0 radical (unpaired) electrons. The highest BCUT2D eigenvalue weighted by Crippen LogP contribution is 2.35. The van der Waals surface area contributed by atoms with Crippen molar-refractivity contribution in [2.24, 2.45) is 11.3 Å². The van der Waals surface area contributed by atoms with Gasteiger partial charge in [0.1, 0.15) is 0 Å². The molecule has 20 heavy (non-hydrogen) atoms. The molecule has 0 aromatic rings. The normalized spacial score (nSPS) is 26.4. The van der Waals surface area contributed by atoms with E-state index in [1.165, 1.54) is 18.9 Å². The molecule has 5 heteroatoms. The average molecular weight is 290 g/mol. The molecule has 2 heterocycles. The van der Waals surface area contributed by atoms with Crippen LogP contribution in [0.25, 0.3) is 0 Å². The molecule has 0 amide bonds. The Labute approximate surface area is 119 Å². The van der Waals surface area contributed by atoms with E-state index >= 15 is 0 Å². The predicted molar refractivity (Wildman–Crippen MR) is 74.6 cm³/mol. The molecular formula is C15H25F3N2. The van der Waals surface area contributed by atoms with E-state index in [4.69, 9.17) is 0 Å². The van der Waals surface area contributed by atoms with Crippen LogP contribution in [0.3, 0.4) is 0 Å². The van der Waals surface area contributed by atoms with Crippen LogP contribution in [0.2, 0.25) is 0 Å². The Morgan fingerprint density at radius 3 is 2.60 bits per heavy atom. The Morgan fingerprint density at radius 2 is 2.10 bits per heavy atom. The van der Waals surface area contributed by atoms with Gasteiger partial charge in [-0.1, -0.05) is 19.9 Å². The summed E-state index contributed by atoms with van der Waals surface area (Å²) < 4.78 is 37.8. The summed E-state index contributed by atoms with van der Waals surface area (Å²) in [7, 11) is 0. The van der Waals surface area contributed by atoms with Crippen LogP contribution in [-0.4, -0.2) is 43.8 Å². The van der Waals surface area contributed by atoms with Crippen molar-refractivity contribution in [3.05, 3.63) is 11.6 Å². The first kappa shape index (κ1) is 15.8. The Hall–Kier alpha value is -0.550. The summed E-state index contributed by atoms with van der Waals surface area (Å²) in [5.41, 5.74) is -0.206. The Kier molecular flexibility index (Phi) is 4.80. The van der Waals surface area contributed by atoms with Crippen molar-refractivity contribution in [2.75, 3.05) is 32.7 Å². The maximum absolute atomic E-state index is 12.6. The second kappa shape index (κ2) is 6.06. The summed E-state index contributed by atoms with van der Waals surface area (Å²) >= 11 is 0. The molecule has 1 saturated heterocycles. The first-order valence-electron chi connectivity index (χ1n) is 7.48. The zero-order valence-electron chi connectivity index (χ0n) is 12.4. The average Bonchev–Trinajstić information content (AvgIpc) is 2.39. The van der Waals surface area contributed by atoms with E-state index in [0.29, 0.717) is 19.0 Å². The molecule has 0 aromatic carbocycles. The van der Waals surface area contributed by atoms with Gasteiger partial charge >= 0.3 is 6.18 Å². The summed E-state index contributed by atoms with van der Waals surface area (Å²) in [4.78, 5) is 2.16. The molecule has 2 nitrogen and oxygen atoms in total. The molecule has 116 valence electrons. The van der Waals surface area contributed by atoms with Crippen LogP contribution in [0, 0.1) is 11.3 Å². The van der Waals surface area contributed by atoms with E-state index in [1.54, 1.807) is 0 Å². The van der Waals surface area contributed by atoms with Crippen molar-refractivity contribution in [3.63, 3.8) is 0 Å². The number of nitrogens with zero attached hydrogens (tertiary/aromatic N) is 1. The summed E-state index contributed by atoms with van der Waals surface area (Å²) in [5.74, 6) is 0.615. The largest absolute Gasteiger partial charge is 0.412 e. The highest BCUT2D eigenvalue weighted by atomic mass is 19.4. The lowest BCUT2D eigenvalue weighted by atomic mass is 9.74. The number of hydrogen-bond acceptors (Lipinski definition) is 2. The third-order valence-corrected chi connectivity index (χ3v) is 4.69. The number of nitrogens with one attached hydrogen (secondary N) is 1. The van der Waals surface area contributed by atoms with Crippen LogP contribution in [-0.2, 0) is 0 Å². The van der Waals surface area contributed by atoms with Crippen molar-refractivity contribution >= 4 is 0 Å². The van der Waals surface area contributed by atoms with Gasteiger partial charge in [0.2, 0.25) is 0 Å². The molecule has 0 aliphatic carbocycles. The maximum atomic E-state index is 12.6. The van der Waals surface area contributed by atoms with Crippen molar-refractivity contribution in [2.45, 2.75) is 39.3 Å². The number of hydrogen-bond donors (Lipinski definition) is 1. The van der Waals surface area contributed by atoms with Gasteiger partial charge in [-0.3, -0.25) is 4.90 Å². The fraction of sp³-hybridized carbons (Fsp3) is 0.867. The molecule has 2 rings (SSSR count). The molecule has 1 unspecified atom stereocenters. The van der Waals surface area contributed by atoms with Crippen LogP contribution in [0.15, 0.2) is 11.6 Å². The lowest BCUT2D eigenvalue weighted by Crippen LogP contribution is -2.46. The van der Waals surface area contributed by atoms with Crippen molar-refractivity contribution in [3.8, 4) is 0 Å². The molecule has 1 fully saturated rings. The van der Waals surface area contributed by atoms with Crippen LogP contribution in [0.5, 0.6) is 0 Å². The molecule has 2 aliphatic rings. The zero-order valence-corrected chi connectivity index (χ0v) is 12.4. The SMILES string of the molecule is CC(C)(CN1CC=C(C(F)(F)F)CC1)C1CCCNC1. The Bertz CT molecular complexity index is 355. The maximum Gasteiger partial charge on any atom is 0.412 e. The fourth-order valence-electron chi connectivity index (χ4n) is 3.34. The lowest BCUT2D eigenvalue weighted by molar-refractivity contribution is -0.0963. The summed E-state index contributed by atoms with van der Waals surface area (Å²) in [6.45, 7) is 8.44. The van der Waals surface area contributed by atoms with Crippen LogP contribution in [0.4, 0.5) is 13.2 Å². The minimum atomic E-state index is -4.14. The summed E-state index contributed by atoms with van der Waals surface area (Å²) in [5, 5.41) is 3.43. The van der Waals surface area contributed by atoms with Gasteiger partial charge in [0.15, 0.2) is 0 Å². The topological polar surface area (TPSA) is 15.3 Å². The first-order valence-corrected chi connectivity index (χ1v) is 7.48. The van der Waals surface area contributed by atoms with E-state index in [-0.39, 0.29) is 17.4 Å². The molecule has 0 saturated carbocycles. The summed E-state index contributed by atoms with van der Waals surface area (Å²) in [6, 6.07) is 0. The number of halogens is 3. The third kappa shape index (κ3) is 3.98. The number of rotatable bonds is 3. The van der Waals surface area contributed by atoms with E-state index in [1.807, 2.05) is 0 Å². The molecular weight excluding hydrogens is 265 g/mol. The lowest BCUT2D eigenvalue weighted by Gasteiger charge is -2.41. The molecule has 1 N–H and O–H groups in total. The van der Waals surface area contributed by atoms with Gasteiger partial charge in [-0.05, 0) is 43.7 Å². The smallest absolute Gasteiger partial charge is 0.316 e. The summed E-state index contributed by atoms with van der Waals surface area (Å²) in [6.07, 6.45) is -0.236. The van der Waals surface area contributed by atoms with Crippen LogP contribution >= 0.6 is 0 Å². The number of piperidine rings is 1. The van der Waals surface area contributed by atoms with Gasteiger partial charge in [-0.15, -0.1) is 0 Å². The van der Waals surface area contributed by atoms with Crippen LogP contribution in [0.1, 0.15) is 33.1 Å². The van der Waals surface area contributed by atoms with Gasteiger partial charge in [0.05, 0.1) is 0 Å². The predicted octanol–water partition coefficient (Wildman–Crippen LogP) is 3.21. The minimum absolute atomic E-state index is 0.127. The van der Waals surface area contributed by atoms with Gasteiger partial charge < -0.3 is 5.32 Å². The second-order valence-electron chi connectivity index (χ2n) is 6.74. The first-order chi connectivity index (χ1) is 9.29. The molecule has 0 aromatic heterocycles. The highest BCUT2D eigenvalue weighted by Gasteiger charge is 2.37. The highest BCUT2D eigenvalue weighted by molar-refractivity contribution is 5.13. The van der Waals surface area contributed by atoms with Gasteiger partial charge in [0, 0.05) is 25.2 Å². The van der Waals surface area contributed by atoms with Gasteiger partial charge in [0.25, 0.3) is 0 Å². The van der Waals surface area contributed by atoms with Crippen molar-refractivity contribution < 1.29 is 13.2 Å². The van der Waals surface area contributed by atoms with Gasteiger partial charge in [-0.25, -0.2) is 0 Å². The van der Waals surface area contributed by atoms with E-state index in [2.05, 4.69) is 24.1 Å². The minimum Gasteiger partial charge on any atom is -0.316 e. The molecule has 2 aliphatic heterocycles. The van der Waals surface area contributed by atoms with E-state index < -0.39 is 6.18 Å². The molecule has 1 atom stereocenters. The number of alkyl halides is 3. The zero-order chi connectivity index (χ0) is 14.8. The van der Waals surface area contributed by atoms with E-state index in [0.717, 1.165) is 19.6 Å². The Morgan fingerprint density at radius 1 is 1.35 bits per heavy atom. The quantitative estimate of drug-likeness (QED) is 0.803. The second-order valence-corrected chi connectivity index (χ2v) is 6.74. The fourth-order valence-corrected chi connectivity index (χ4v) is 3.34. The van der Waals surface area contributed by atoms with Crippen LogP contribution < -0.4 is 5.32 Å². The molecule has 0 spiro atoms. The van der Waals surface area contributed by atoms with Gasteiger partial charge in [-0.2, -0.15) is 13.2 Å². The van der Waals surface area contributed by atoms with Crippen molar-refractivity contribution in [1.82, 2.24) is 10.2 Å².